The van der Waals surface area contributed by atoms with Crippen LogP contribution in [0.15, 0.2) is 29.0 Å². The summed E-state index contributed by atoms with van der Waals surface area (Å²) in [7, 11) is 0. The van der Waals surface area contributed by atoms with E-state index in [1.54, 1.807) is 6.26 Å². The Bertz CT molecular complexity index is 533. The number of halogens is 1. The van der Waals surface area contributed by atoms with E-state index in [0.29, 0.717) is 11.3 Å². The summed E-state index contributed by atoms with van der Waals surface area (Å²) >= 11 is 6.10. The molecule has 4 nitrogen and oxygen atoms in total. The van der Waals surface area contributed by atoms with Crippen molar-refractivity contribution >= 4 is 11.6 Å². The van der Waals surface area contributed by atoms with Gasteiger partial charge >= 0.3 is 0 Å². The van der Waals surface area contributed by atoms with E-state index in [1.165, 1.54) is 0 Å². The molecule has 0 aliphatic rings. The second-order valence-corrected chi connectivity index (χ2v) is 5.58. The topological polar surface area (TPSA) is 43.0 Å². The van der Waals surface area contributed by atoms with Gasteiger partial charge in [0, 0.05) is 30.3 Å². The van der Waals surface area contributed by atoms with Crippen molar-refractivity contribution in [2.45, 2.75) is 45.7 Å². The summed E-state index contributed by atoms with van der Waals surface area (Å²) in [6.45, 7) is 7.33. The van der Waals surface area contributed by atoms with Crippen molar-refractivity contribution in [2.75, 3.05) is 6.54 Å². The molecule has 0 radical (unpaired) electrons. The van der Waals surface area contributed by atoms with Gasteiger partial charge in [-0.2, -0.15) is 5.10 Å². The van der Waals surface area contributed by atoms with Gasteiger partial charge in [-0.05, 0) is 50.5 Å². The molecule has 5 heteroatoms. The van der Waals surface area contributed by atoms with Crippen LogP contribution in [-0.2, 0) is 6.42 Å². The Morgan fingerprint density at radius 2 is 2.20 bits per heavy atom. The lowest BCUT2D eigenvalue weighted by molar-refractivity contribution is 0.493. The number of nitrogens with zero attached hydrogens (tertiary/aromatic N) is 2. The molecule has 1 atom stereocenters. The first-order valence-electron chi connectivity index (χ1n) is 7.12. The van der Waals surface area contributed by atoms with Crippen LogP contribution in [0.2, 0.25) is 5.22 Å². The summed E-state index contributed by atoms with van der Waals surface area (Å²) in [5, 5.41) is 8.57. The largest absolute Gasteiger partial charge is 0.453 e. The van der Waals surface area contributed by atoms with Gasteiger partial charge in [0.25, 0.3) is 0 Å². The van der Waals surface area contributed by atoms with Crippen LogP contribution in [0.4, 0.5) is 0 Å². The normalized spacial score (nSPS) is 13.1. The van der Waals surface area contributed by atoms with Crippen molar-refractivity contribution in [3.05, 3.63) is 41.1 Å². The number of rotatable bonds is 7. The zero-order valence-electron chi connectivity index (χ0n) is 12.3. The van der Waals surface area contributed by atoms with Gasteiger partial charge in [-0.1, -0.05) is 6.92 Å². The predicted octanol–water partition coefficient (Wildman–Crippen LogP) is 3.99. The Balaban J connectivity index is 2.12. The fraction of sp³-hybridized carbons (Fsp3) is 0.533. The first-order chi connectivity index (χ1) is 9.61. The molecule has 0 saturated heterocycles. The summed E-state index contributed by atoms with van der Waals surface area (Å²) < 4.78 is 7.18. The first-order valence-corrected chi connectivity index (χ1v) is 7.50. The van der Waals surface area contributed by atoms with Crippen molar-refractivity contribution < 1.29 is 4.42 Å². The molecule has 0 aliphatic carbocycles. The highest BCUT2D eigenvalue weighted by Crippen LogP contribution is 2.26. The van der Waals surface area contributed by atoms with Gasteiger partial charge in [-0.3, -0.25) is 4.68 Å². The molecule has 1 N–H and O–H groups in total. The SMILES string of the molecule is CCCNC(Cc1ccn(C(C)C)n1)c1ccoc1Cl. The Kier molecular flexibility index (Phi) is 5.26. The van der Waals surface area contributed by atoms with Crippen LogP contribution in [0.25, 0.3) is 0 Å². The molecule has 2 aromatic heterocycles. The highest BCUT2D eigenvalue weighted by molar-refractivity contribution is 6.29. The predicted molar refractivity (Wildman–Crippen MR) is 81.1 cm³/mol. The maximum Gasteiger partial charge on any atom is 0.197 e. The third kappa shape index (κ3) is 3.64. The maximum atomic E-state index is 6.10. The average Bonchev–Trinajstić information content (AvgIpc) is 3.03. The molecule has 0 saturated carbocycles. The van der Waals surface area contributed by atoms with Gasteiger partial charge in [-0.15, -0.1) is 0 Å². The Morgan fingerprint density at radius 3 is 2.75 bits per heavy atom. The Hall–Kier alpha value is -1.26. The van der Waals surface area contributed by atoms with E-state index in [4.69, 9.17) is 16.0 Å². The lowest BCUT2D eigenvalue weighted by Gasteiger charge is -2.16. The van der Waals surface area contributed by atoms with Crippen molar-refractivity contribution in [2.24, 2.45) is 0 Å². The van der Waals surface area contributed by atoms with E-state index >= 15 is 0 Å². The van der Waals surface area contributed by atoms with Crippen molar-refractivity contribution in [1.29, 1.82) is 0 Å². The zero-order valence-corrected chi connectivity index (χ0v) is 13.0. The first kappa shape index (κ1) is 15.1. The quantitative estimate of drug-likeness (QED) is 0.840. The van der Waals surface area contributed by atoms with Crippen LogP contribution in [0, 0.1) is 0 Å². The fourth-order valence-corrected chi connectivity index (χ4v) is 2.39. The lowest BCUT2D eigenvalue weighted by Crippen LogP contribution is -2.24. The molecule has 0 amide bonds. The number of hydrogen-bond donors (Lipinski definition) is 1. The van der Waals surface area contributed by atoms with Crippen LogP contribution in [0.1, 0.15) is 50.5 Å². The number of furan rings is 1. The highest BCUT2D eigenvalue weighted by Gasteiger charge is 2.18. The molecule has 1 unspecified atom stereocenters. The molecule has 2 aromatic rings. The smallest absolute Gasteiger partial charge is 0.197 e. The van der Waals surface area contributed by atoms with Crippen LogP contribution in [0.5, 0.6) is 0 Å². The van der Waals surface area contributed by atoms with Gasteiger partial charge in [0.2, 0.25) is 0 Å². The van der Waals surface area contributed by atoms with Gasteiger partial charge in [-0.25, -0.2) is 0 Å². The van der Waals surface area contributed by atoms with Gasteiger partial charge in [0.1, 0.15) is 0 Å². The summed E-state index contributed by atoms with van der Waals surface area (Å²) in [6.07, 6.45) is 5.53. The number of aromatic nitrogens is 2. The fourth-order valence-electron chi connectivity index (χ4n) is 2.15. The van der Waals surface area contributed by atoms with E-state index in [9.17, 15) is 0 Å². The molecule has 0 aromatic carbocycles. The van der Waals surface area contributed by atoms with Crippen LogP contribution >= 0.6 is 11.6 Å². The molecule has 0 bridgehead atoms. The lowest BCUT2D eigenvalue weighted by atomic mass is 10.1. The minimum Gasteiger partial charge on any atom is -0.453 e. The summed E-state index contributed by atoms with van der Waals surface area (Å²) in [5.74, 6) is 0. The van der Waals surface area contributed by atoms with Gasteiger partial charge in [0.05, 0.1) is 12.0 Å². The number of nitrogens with one attached hydrogen (secondary N) is 1. The minimum absolute atomic E-state index is 0.136. The molecule has 0 fully saturated rings. The van der Waals surface area contributed by atoms with Gasteiger partial charge in [0.15, 0.2) is 5.22 Å². The Morgan fingerprint density at radius 1 is 1.40 bits per heavy atom. The van der Waals surface area contributed by atoms with E-state index < -0.39 is 0 Å². The molecular formula is C15H22ClN3O. The third-order valence-electron chi connectivity index (χ3n) is 3.27. The second kappa shape index (κ2) is 6.95. The molecule has 110 valence electrons. The van der Waals surface area contributed by atoms with Crippen LogP contribution < -0.4 is 5.32 Å². The monoisotopic (exact) mass is 295 g/mol. The van der Waals surface area contributed by atoms with E-state index in [-0.39, 0.29) is 6.04 Å². The van der Waals surface area contributed by atoms with Crippen molar-refractivity contribution in [1.82, 2.24) is 15.1 Å². The molecule has 0 spiro atoms. The zero-order chi connectivity index (χ0) is 14.5. The summed E-state index contributed by atoms with van der Waals surface area (Å²) in [4.78, 5) is 0. The van der Waals surface area contributed by atoms with E-state index in [1.807, 2.05) is 16.9 Å². The standard InChI is InChI=1S/C15H22ClN3O/c1-4-7-17-14(13-6-9-20-15(13)16)10-12-5-8-19(18-12)11(2)3/h5-6,8-9,11,14,17H,4,7,10H2,1-3H3. The van der Waals surface area contributed by atoms with Gasteiger partial charge < -0.3 is 9.73 Å². The molecule has 2 rings (SSSR count). The Labute approximate surface area is 125 Å². The molecule has 0 aliphatic heterocycles. The van der Waals surface area contributed by atoms with Crippen molar-refractivity contribution in [3.8, 4) is 0 Å². The maximum absolute atomic E-state index is 6.10. The average molecular weight is 296 g/mol. The molecule has 20 heavy (non-hydrogen) atoms. The second-order valence-electron chi connectivity index (χ2n) is 5.24. The van der Waals surface area contributed by atoms with E-state index in [0.717, 1.165) is 30.6 Å². The molecule has 2 heterocycles. The minimum atomic E-state index is 0.136. The summed E-state index contributed by atoms with van der Waals surface area (Å²) in [6, 6.07) is 4.50. The number of hydrogen-bond acceptors (Lipinski definition) is 3. The summed E-state index contributed by atoms with van der Waals surface area (Å²) in [5.41, 5.74) is 2.06. The van der Waals surface area contributed by atoms with Crippen LogP contribution in [0.3, 0.4) is 0 Å². The third-order valence-corrected chi connectivity index (χ3v) is 3.58. The van der Waals surface area contributed by atoms with Crippen LogP contribution in [-0.4, -0.2) is 16.3 Å². The molecular weight excluding hydrogens is 274 g/mol. The van der Waals surface area contributed by atoms with E-state index in [2.05, 4.69) is 37.3 Å². The van der Waals surface area contributed by atoms with Crippen molar-refractivity contribution in [3.63, 3.8) is 0 Å². The highest BCUT2D eigenvalue weighted by atomic mass is 35.5.